The fraction of sp³-hybridized carbons (Fsp3) is 0.115. The van der Waals surface area contributed by atoms with Crippen molar-refractivity contribution < 1.29 is 19.8 Å². The number of Topliss-reactive ketones (excluding diaryl/α,β-unsaturated/α-hetero) is 1. The largest absolute Gasteiger partial charge is 0.494 e. The number of nitrogens with one attached hydrogen (secondary N) is 1. The number of carboxylic acid groups (broad SMARTS) is 1. The molecule has 1 aromatic heterocycles. The van der Waals surface area contributed by atoms with Crippen LogP contribution in [0.3, 0.4) is 0 Å². The highest BCUT2D eigenvalue weighted by atomic mass is 16.4. The number of aliphatic imine (C=N–C) groups is 1. The van der Waals surface area contributed by atoms with Crippen molar-refractivity contribution in [3.63, 3.8) is 0 Å². The molecule has 0 spiro atoms. The van der Waals surface area contributed by atoms with Gasteiger partial charge in [0.25, 0.3) is 0 Å². The van der Waals surface area contributed by atoms with Crippen molar-refractivity contribution in [1.82, 2.24) is 4.98 Å². The number of carboxylic acids is 1. The summed E-state index contributed by atoms with van der Waals surface area (Å²) in [6.45, 7) is 0. The predicted molar refractivity (Wildman–Crippen MR) is 127 cm³/mol. The monoisotopic (exact) mass is 441 g/mol. The van der Waals surface area contributed by atoms with Gasteiger partial charge in [-0.25, -0.2) is 4.99 Å². The Hall–Kier alpha value is -4.23. The number of aliphatic carboxylic acids is 1. The minimum Gasteiger partial charge on any atom is -0.494 e. The standard InChI is InChI=1S/C26H23N3O4/c27-24(21(30)14-15-22(31)32)16-10-12-18(13-11-16)28-25(17-6-2-1-3-7-17)23-19-8-4-5-9-20(19)29-26(23)33/h1-13,24,29,33H,14-15,27H2,(H,31,32). The molecule has 4 aromatic rings. The van der Waals surface area contributed by atoms with Crippen LogP contribution in [-0.2, 0) is 9.59 Å². The van der Waals surface area contributed by atoms with Crippen molar-refractivity contribution in [2.45, 2.75) is 18.9 Å². The summed E-state index contributed by atoms with van der Waals surface area (Å²) in [5.74, 6) is -1.34. The van der Waals surface area contributed by atoms with E-state index in [4.69, 9.17) is 15.8 Å². The summed E-state index contributed by atoms with van der Waals surface area (Å²) < 4.78 is 0. The van der Waals surface area contributed by atoms with Gasteiger partial charge in [-0.1, -0.05) is 60.7 Å². The summed E-state index contributed by atoms with van der Waals surface area (Å²) in [6, 6.07) is 23.2. The molecular formula is C26H23N3O4. The minimum atomic E-state index is -1.03. The third kappa shape index (κ3) is 4.83. The lowest BCUT2D eigenvalue weighted by Crippen LogP contribution is -2.21. The first-order valence-corrected chi connectivity index (χ1v) is 10.5. The number of aromatic hydroxyl groups is 1. The van der Waals surface area contributed by atoms with E-state index < -0.39 is 12.0 Å². The molecule has 0 saturated heterocycles. The number of carbonyl (C=O) groups is 2. The van der Waals surface area contributed by atoms with Crippen LogP contribution in [0.25, 0.3) is 10.9 Å². The maximum absolute atomic E-state index is 12.2. The van der Waals surface area contributed by atoms with E-state index in [1.165, 1.54) is 0 Å². The normalized spacial score (nSPS) is 12.6. The summed E-state index contributed by atoms with van der Waals surface area (Å²) in [7, 11) is 0. The fourth-order valence-electron chi connectivity index (χ4n) is 3.69. The van der Waals surface area contributed by atoms with Crippen LogP contribution in [0.4, 0.5) is 5.69 Å². The van der Waals surface area contributed by atoms with Crippen LogP contribution in [0.5, 0.6) is 5.88 Å². The van der Waals surface area contributed by atoms with E-state index in [1.54, 1.807) is 24.3 Å². The number of H-pyrrole nitrogens is 1. The Kier molecular flexibility index (Phi) is 6.33. The predicted octanol–water partition coefficient (Wildman–Crippen LogP) is 4.48. The second kappa shape index (κ2) is 9.50. The molecule has 166 valence electrons. The molecule has 7 heteroatoms. The number of nitrogens with zero attached hydrogens (tertiary/aromatic N) is 1. The Labute approximate surface area is 190 Å². The van der Waals surface area contributed by atoms with Gasteiger partial charge in [0, 0.05) is 22.9 Å². The minimum absolute atomic E-state index is 0.0291. The number of ketones is 1. The lowest BCUT2D eigenvalue weighted by molar-refractivity contribution is -0.138. The fourth-order valence-corrected chi connectivity index (χ4v) is 3.69. The number of fused-ring (bicyclic) bond motifs is 1. The summed E-state index contributed by atoms with van der Waals surface area (Å²) >= 11 is 0. The maximum Gasteiger partial charge on any atom is 0.303 e. The summed E-state index contributed by atoms with van der Waals surface area (Å²) in [5.41, 5.74) is 10.0. The number of rotatable bonds is 8. The third-order valence-corrected chi connectivity index (χ3v) is 5.40. The molecule has 33 heavy (non-hydrogen) atoms. The van der Waals surface area contributed by atoms with Gasteiger partial charge >= 0.3 is 5.97 Å². The highest BCUT2D eigenvalue weighted by Crippen LogP contribution is 2.31. The highest BCUT2D eigenvalue weighted by molar-refractivity contribution is 6.21. The van der Waals surface area contributed by atoms with Gasteiger partial charge in [-0.2, -0.15) is 0 Å². The van der Waals surface area contributed by atoms with E-state index >= 15 is 0 Å². The molecule has 4 rings (SSSR count). The third-order valence-electron chi connectivity index (χ3n) is 5.40. The summed E-state index contributed by atoms with van der Waals surface area (Å²) in [6.07, 6.45) is -0.363. The molecule has 0 amide bonds. The van der Waals surface area contributed by atoms with Crippen molar-refractivity contribution in [2.24, 2.45) is 10.7 Å². The van der Waals surface area contributed by atoms with Gasteiger partial charge in [0.05, 0.1) is 29.4 Å². The van der Waals surface area contributed by atoms with E-state index in [9.17, 15) is 14.7 Å². The molecule has 1 atom stereocenters. The quantitative estimate of drug-likeness (QED) is 0.300. The van der Waals surface area contributed by atoms with Gasteiger partial charge in [-0.05, 0) is 23.8 Å². The second-order valence-corrected chi connectivity index (χ2v) is 7.65. The topological polar surface area (TPSA) is 129 Å². The number of aromatic nitrogens is 1. The smallest absolute Gasteiger partial charge is 0.303 e. The van der Waals surface area contributed by atoms with E-state index in [1.807, 2.05) is 54.6 Å². The van der Waals surface area contributed by atoms with E-state index in [0.29, 0.717) is 22.5 Å². The number of nitrogens with two attached hydrogens (primary N) is 1. The van der Waals surface area contributed by atoms with Crippen molar-refractivity contribution in [2.75, 3.05) is 0 Å². The number of hydrogen-bond acceptors (Lipinski definition) is 5. The molecule has 1 unspecified atom stereocenters. The Morgan fingerprint density at radius 3 is 2.27 bits per heavy atom. The molecule has 0 fully saturated rings. The molecule has 0 aliphatic rings. The van der Waals surface area contributed by atoms with Gasteiger partial charge in [-0.3, -0.25) is 9.59 Å². The SMILES string of the molecule is NC(C(=O)CCC(=O)O)c1ccc(N=C(c2ccccc2)c2c(O)[nH]c3ccccc23)cc1. The summed E-state index contributed by atoms with van der Waals surface area (Å²) in [4.78, 5) is 30.7. The van der Waals surface area contributed by atoms with Crippen LogP contribution in [0.1, 0.15) is 35.6 Å². The molecule has 3 aromatic carbocycles. The van der Waals surface area contributed by atoms with Gasteiger partial charge in [-0.15, -0.1) is 0 Å². The number of carbonyl (C=O) groups excluding carboxylic acids is 1. The average molecular weight is 441 g/mol. The molecule has 5 N–H and O–H groups in total. The maximum atomic E-state index is 12.2. The first kappa shape index (κ1) is 22.0. The number of aromatic amines is 1. The Morgan fingerprint density at radius 1 is 0.909 bits per heavy atom. The lowest BCUT2D eigenvalue weighted by Gasteiger charge is -2.11. The van der Waals surface area contributed by atoms with Crippen LogP contribution < -0.4 is 5.73 Å². The van der Waals surface area contributed by atoms with Crippen LogP contribution in [0, 0.1) is 0 Å². The lowest BCUT2D eigenvalue weighted by atomic mass is 9.99. The zero-order chi connectivity index (χ0) is 23.4. The molecule has 1 heterocycles. The molecule has 0 saturated carbocycles. The zero-order valence-corrected chi connectivity index (χ0v) is 17.7. The van der Waals surface area contributed by atoms with Crippen molar-refractivity contribution in [1.29, 1.82) is 0 Å². The molecule has 0 aliphatic heterocycles. The van der Waals surface area contributed by atoms with Crippen LogP contribution >= 0.6 is 0 Å². The molecular weight excluding hydrogens is 418 g/mol. The first-order valence-electron chi connectivity index (χ1n) is 10.5. The van der Waals surface area contributed by atoms with Crippen LogP contribution in [-0.4, -0.2) is 32.7 Å². The molecule has 7 nitrogen and oxygen atoms in total. The van der Waals surface area contributed by atoms with Crippen molar-refractivity contribution in [3.05, 3.63) is 95.6 Å². The van der Waals surface area contributed by atoms with Crippen molar-refractivity contribution in [3.8, 4) is 5.88 Å². The van der Waals surface area contributed by atoms with Crippen LogP contribution in [0.2, 0.25) is 0 Å². The van der Waals surface area contributed by atoms with Gasteiger partial charge in [0.2, 0.25) is 0 Å². The Balaban J connectivity index is 1.71. The van der Waals surface area contributed by atoms with Gasteiger partial charge in [0.15, 0.2) is 11.7 Å². The second-order valence-electron chi connectivity index (χ2n) is 7.65. The summed E-state index contributed by atoms with van der Waals surface area (Å²) in [5, 5.41) is 20.3. The molecule has 0 bridgehead atoms. The van der Waals surface area contributed by atoms with E-state index in [-0.39, 0.29) is 24.5 Å². The van der Waals surface area contributed by atoms with Crippen molar-refractivity contribution >= 4 is 34.1 Å². The van der Waals surface area contributed by atoms with E-state index in [0.717, 1.165) is 16.5 Å². The average Bonchev–Trinajstić information content (AvgIpc) is 3.17. The zero-order valence-electron chi connectivity index (χ0n) is 17.7. The number of para-hydroxylation sites is 1. The first-order chi connectivity index (χ1) is 15.9. The van der Waals surface area contributed by atoms with Gasteiger partial charge < -0.3 is 20.9 Å². The number of benzene rings is 3. The Morgan fingerprint density at radius 2 is 1.58 bits per heavy atom. The highest BCUT2D eigenvalue weighted by Gasteiger charge is 2.19. The van der Waals surface area contributed by atoms with E-state index in [2.05, 4.69) is 4.98 Å². The molecule has 0 aliphatic carbocycles. The van der Waals surface area contributed by atoms with Gasteiger partial charge in [0.1, 0.15) is 0 Å². The molecule has 0 radical (unpaired) electrons. The number of hydrogen-bond donors (Lipinski definition) is 4. The van der Waals surface area contributed by atoms with Crippen LogP contribution in [0.15, 0.2) is 83.9 Å². The Bertz CT molecular complexity index is 1320.